The molecular formula is C20H24FN3O. The highest BCUT2D eigenvalue weighted by Crippen LogP contribution is 2.22. The molecule has 5 heteroatoms. The van der Waals surface area contributed by atoms with Crippen LogP contribution < -0.4 is 5.32 Å². The molecule has 1 aliphatic rings. The zero-order valence-electron chi connectivity index (χ0n) is 14.3. The molecule has 1 fully saturated rings. The lowest BCUT2D eigenvalue weighted by Crippen LogP contribution is -2.36. The fourth-order valence-electron chi connectivity index (χ4n) is 3.33. The standard InChI is InChI=1S/C20H24FN3O/c21-19-7-2-1-5-16(19)11-14-24-18(8-9-20(24)25)10-13-22-15-17-6-3-4-12-23-17/h1-7,12,18,22H,8-11,13-15H2/t18-/m1/s1. The zero-order valence-corrected chi connectivity index (χ0v) is 14.3. The van der Waals surface area contributed by atoms with E-state index in [1.807, 2.05) is 29.2 Å². The number of carbonyl (C=O) groups excluding carboxylic acids is 1. The molecule has 3 rings (SSSR count). The van der Waals surface area contributed by atoms with E-state index >= 15 is 0 Å². The van der Waals surface area contributed by atoms with Crippen molar-refractivity contribution < 1.29 is 9.18 Å². The van der Waals surface area contributed by atoms with Crippen LogP contribution >= 0.6 is 0 Å². The number of rotatable bonds is 8. The first kappa shape index (κ1) is 17.5. The van der Waals surface area contributed by atoms with E-state index in [0.717, 1.165) is 31.6 Å². The Bertz CT molecular complexity index is 692. The highest BCUT2D eigenvalue weighted by molar-refractivity contribution is 5.78. The average Bonchev–Trinajstić information content (AvgIpc) is 2.99. The normalized spacial score (nSPS) is 17.2. The lowest BCUT2D eigenvalue weighted by Gasteiger charge is -2.25. The van der Waals surface area contributed by atoms with E-state index in [1.165, 1.54) is 6.07 Å². The number of hydrogen-bond acceptors (Lipinski definition) is 3. The number of amides is 1. The summed E-state index contributed by atoms with van der Waals surface area (Å²) in [5.74, 6) is -0.00575. The van der Waals surface area contributed by atoms with Gasteiger partial charge in [0.15, 0.2) is 0 Å². The van der Waals surface area contributed by atoms with Gasteiger partial charge in [-0.1, -0.05) is 24.3 Å². The maximum absolute atomic E-state index is 13.7. The second-order valence-corrected chi connectivity index (χ2v) is 6.41. The molecule has 0 unspecified atom stereocenters. The van der Waals surface area contributed by atoms with Crippen LogP contribution in [0, 0.1) is 5.82 Å². The highest BCUT2D eigenvalue weighted by Gasteiger charge is 2.30. The third-order valence-electron chi connectivity index (χ3n) is 4.72. The smallest absolute Gasteiger partial charge is 0.222 e. The van der Waals surface area contributed by atoms with Crippen LogP contribution in [0.25, 0.3) is 0 Å². The molecule has 1 aromatic carbocycles. The summed E-state index contributed by atoms with van der Waals surface area (Å²) in [6.45, 7) is 2.16. The second-order valence-electron chi connectivity index (χ2n) is 6.41. The average molecular weight is 341 g/mol. The molecule has 1 N–H and O–H groups in total. The van der Waals surface area contributed by atoms with E-state index in [1.54, 1.807) is 18.3 Å². The molecule has 2 aromatic rings. The van der Waals surface area contributed by atoms with Crippen LogP contribution in [0.5, 0.6) is 0 Å². The van der Waals surface area contributed by atoms with Gasteiger partial charge < -0.3 is 10.2 Å². The lowest BCUT2D eigenvalue weighted by molar-refractivity contribution is -0.129. The first-order valence-electron chi connectivity index (χ1n) is 8.87. The van der Waals surface area contributed by atoms with Crippen LogP contribution in [0.2, 0.25) is 0 Å². The van der Waals surface area contributed by atoms with Crippen LogP contribution in [0.4, 0.5) is 4.39 Å². The Morgan fingerprint density at radius 2 is 2.04 bits per heavy atom. The molecule has 0 bridgehead atoms. The lowest BCUT2D eigenvalue weighted by atomic mass is 10.1. The summed E-state index contributed by atoms with van der Waals surface area (Å²) in [5.41, 5.74) is 1.69. The van der Waals surface area contributed by atoms with E-state index < -0.39 is 0 Å². The van der Waals surface area contributed by atoms with Gasteiger partial charge in [0, 0.05) is 31.7 Å². The molecule has 1 aromatic heterocycles. The molecule has 0 radical (unpaired) electrons. The minimum atomic E-state index is -0.192. The summed E-state index contributed by atoms with van der Waals surface area (Å²) in [4.78, 5) is 18.4. The van der Waals surface area contributed by atoms with Crippen molar-refractivity contribution in [3.8, 4) is 0 Å². The second kappa shape index (κ2) is 8.72. The summed E-state index contributed by atoms with van der Waals surface area (Å²) >= 11 is 0. The molecule has 1 saturated heterocycles. The van der Waals surface area contributed by atoms with Gasteiger partial charge in [-0.2, -0.15) is 0 Å². The Balaban J connectivity index is 1.45. The van der Waals surface area contributed by atoms with Gasteiger partial charge in [-0.3, -0.25) is 9.78 Å². The van der Waals surface area contributed by atoms with Gasteiger partial charge in [0.05, 0.1) is 5.69 Å². The van der Waals surface area contributed by atoms with Crippen molar-refractivity contribution in [3.63, 3.8) is 0 Å². The Kier molecular flexibility index (Phi) is 6.12. The van der Waals surface area contributed by atoms with Crippen molar-refractivity contribution in [1.82, 2.24) is 15.2 Å². The molecular weight excluding hydrogens is 317 g/mol. The Morgan fingerprint density at radius 3 is 2.84 bits per heavy atom. The van der Waals surface area contributed by atoms with Gasteiger partial charge in [0.25, 0.3) is 0 Å². The topological polar surface area (TPSA) is 45.2 Å². The van der Waals surface area contributed by atoms with E-state index in [4.69, 9.17) is 0 Å². The van der Waals surface area contributed by atoms with Crippen LogP contribution in [0.1, 0.15) is 30.5 Å². The quantitative estimate of drug-likeness (QED) is 0.751. The van der Waals surface area contributed by atoms with Crippen molar-refractivity contribution in [2.45, 2.75) is 38.3 Å². The number of likely N-dealkylation sites (tertiary alicyclic amines) is 1. The highest BCUT2D eigenvalue weighted by atomic mass is 19.1. The molecule has 1 atom stereocenters. The number of halogens is 1. The minimum Gasteiger partial charge on any atom is -0.339 e. The summed E-state index contributed by atoms with van der Waals surface area (Å²) in [5, 5.41) is 3.39. The fraction of sp³-hybridized carbons (Fsp3) is 0.400. The number of pyridine rings is 1. The maximum atomic E-state index is 13.7. The number of carbonyl (C=O) groups is 1. The van der Waals surface area contributed by atoms with Crippen molar-refractivity contribution in [3.05, 3.63) is 65.7 Å². The fourth-order valence-corrected chi connectivity index (χ4v) is 3.33. The molecule has 0 spiro atoms. The Morgan fingerprint density at radius 1 is 1.20 bits per heavy atom. The largest absolute Gasteiger partial charge is 0.339 e. The number of benzene rings is 1. The van der Waals surface area contributed by atoms with E-state index in [-0.39, 0.29) is 17.8 Å². The molecule has 0 aliphatic carbocycles. The van der Waals surface area contributed by atoms with Crippen LogP contribution in [-0.4, -0.2) is 34.9 Å². The van der Waals surface area contributed by atoms with Crippen molar-refractivity contribution in [2.75, 3.05) is 13.1 Å². The van der Waals surface area contributed by atoms with Gasteiger partial charge >= 0.3 is 0 Å². The predicted octanol–water partition coefficient (Wildman–Crippen LogP) is 2.93. The number of nitrogens with one attached hydrogen (secondary N) is 1. The number of aromatic nitrogens is 1. The monoisotopic (exact) mass is 341 g/mol. The molecule has 0 saturated carbocycles. The molecule has 25 heavy (non-hydrogen) atoms. The van der Waals surface area contributed by atoms with Gasteiger partial charge in [-0.25, -0.2) is 4.39 Å². The van der Waals surface area contributed by atoms with Crippen LogP contribution in [0.3, 0.4) is 0 Å². The van der Waals surface area contributed by atoms with Gasteiger partial charge in [0.2, 0.25) is 5.91 Å². The van der Waals surface area contributed by atoms with E-state index in [0.29, 0.717) is 24.9 Å². The van der Waals surface area contributed by atoms with Gasteiger partial charge in [-0.15, -0.1) is 0 Å². The van der Waals surface area contributed by atoms with E-state index in [9.17, 15) is 9.18 Å². The summed E-state index contributed by atoms with van der Waals surface area (Å²) in [7, 11) is 0. The van der Waals surface area contributed by atoms with E-state index in [2.05, 4.69) is 10.3 Å². The maximum Gasteiger partial charge on any atom is 0.222 e. The van der Waals surface area contributed by atoms with Crippen LogP contribution in [-0.2, 0) is 17.8 Å². The molecule has 2 heterocycles. The Labute approximate surface area is 148 Å². The Hall–Kier alpha value is -2.27. The summed E-state index contributed by atoms with van der Waals surface area (Å²) < 4.78 is 13.7. The first-order valence-corrected chi connectivity index (χ1v) is 8.87. The number of hydrogen-bond donors (Lipinski definition) is 1. The van der Waals surface area contributed by atoms with Crippen molar-refractivity contribution >= 4 is 5.91 Å². The molecule has 4 nitrogen and oxygen atoms in total. The molecule has 1 amide bonds. The number of nitrogens with zero attached hydrogens (tertiary/aromatic N) is 2. The van der Waals surface area contributed by atoms with Crippen molar-refractivity contribution in [2.24, 2.45) is 0 Å². The van der Waals surface area contributed by atoms with Gasteiger partial charge in [-0.05, 0) is 49.6 Å². The summed E-state index contributed by atoms with van der Waals surface area (Å²) in [6, 6.07) is 12.9. The zero-order chi connectivity index (χ0) is 17.5. The van der Waals surface area contributed by atoms with Crippen LogP contribution in [0.15, 0.2) is 48.7 Å². The molecule has 1 aliphatic heterocycles. The SMILES string of the molecule is O=C1CC[C@H](CCNCc2ccccn2)N1CCc1ccccc1F. The van der Waals surface area contributed by atoms with Crippen molar-refractivity contribution in [1.29, 1.82) is 0 Å². The minimum absolute atomic E-state index is 0.186. The first-order chi connectivity index (χ1) is 12.2. The summed E-state index contributed by atoms with van der Waals surface area (Å²) in [6.07, 6.45) is 4.76. The third-order valence-corrected chi connectivity index (χ3v) is 4.72. The predicted molar refractivity (Wildman–Crippen MR) is 95.4 cm³/mol. The van der Waals surface area contributed by atoms with Gasteiger partial charge in [0.1, 0.15) is 5.82 Å². The third kappa shape index (κ3) is 4.86. The molecule has 132 valence electrons.